The molecule has 0 fully saturated rings. The number of nitrogens with one attached hydrogen (secondary N) is 1. The monoisotopic (exact) mass is 353 g/mol. The van der Waals surface area contributed by atoms with Gasteiger partial charge in [0.15, 0.2) is 17.3 Å². The zero-order valence-corrected chi connectivity index (χ0v) is 14.2. The summed E-state index contributed by atoms with van der Waals surface area (Å²) >= 11 is 0. The van der Waals surface area contributed by atoms with E-state index in [9.17, 15) is 23.9 Å². The molecule has 0 saturated heterocycles. The predicted molar refractivity (Wildman–Crippen MR) is 95.4 cm³/mol. The van der Waals surface area contributed by atoms with Gasteiger partial charge in [-0.25, -0.2) is 4.39 Å². The van der Waals surface area contributed by atoms with Crippen LogP contribution in [0.1, 0.15) is 35.3 Å². The topological polar surface area (TPSA) is 83.5 Å². The van der Waals surface area contributed by atoms with Crippen LogP contribution in [-0.2, 0) is 9.59 Å². The Labute approximate surface area is 149 Å². The summed E-state index contributed by atoms with van der Waals surface area (Å²) in [5.41, 5.74) is 1.30. The molecule has 2 N–H and O–H groups in total. The molecule has 1 aliphatic rings. The first kappa shape index (κ1) is 17.5. The summed E-state index contributed by atoms with van der Waals surface area (Å²) in [5, 5.41) is 13.5. The van der Waals surface area contributed by atoms with Crippen LogP contribution < -0.4 is 5.32 Å². The minimum absolute atomic E-state index is 0.0753. The molecular formula is C20H16FNO4. The van der Waals surface area contributed by atoms with Crippen LogP contribution in [0.5, 0.6) is 0 Å². The zero-order chi connectivity index (χ0) is 19.0. The molecule has 0 amide bonds. The second-order valence-electron chi connectivity index (χ2n) is 6.10. The lowest BCUT2D eigenvalue weighted by Gasteiger charge is -2.27. The lowest BCUT2D eigenvalue weighted by molar-refractivity contribution is -0.124. The molecule has 1 aliphatic heterocycles. The van der Waals surface area contributed by atoms with Crippen molar-refractivity contribution >= 4 is 34.4 Å². The first-order valence-electron chi connectivity index (χ1n) is 7.95. The van der Waals surface area contributed by atoms with E-state index in [0.29, 0.717) is 16.8 Å². The van der Waals surface area contributed by atoms with Gasteiger partial charge in [0.1, 0.15) is 17.6 Å². The maximum absolute atomic E-state index is 13.2. The Kier molecular flexibility index (Phi) is 4.42. The standard InChI is InChI=1S/C20H16FNO4/c1-10(23)13-5-8-16-15(9-13)17(20(26)18(22-16)11(2)24)19(25)12-3-6-14(21)7-4-12/h3-9,18,22,25H,1-2H3/b19-17-. The number of aliphatic hydroxyl groups excluding tert-OH is 1. The average Bonchev–Trinajstić information content (AvgIpc) is 2.60. The highest BCUT2D eigenvalue weighted by atomic mass is 19.1. The maximum atomic E-state index is 13.2. The van der Waals surface area contributed by atoms with Gasteiger partial charge in [-0.1, -0.05) is 0 Å². The van der Waals surface area contributed by atoms with Crippen molar-refractivity contribution in [2.45, 2.75) is 19.9 Å². The third-order valence-electron chi connectivity index (χ3n) is 4.26. The molecule has 0 radical (unpaired) electrons. The molecule has 0 aromatic heterocycles. The molecule has 2 aromatic rings. The van der Waals surface area contributed by atoms with Crippen molar-refractivity contribution in [2.24, 2.45) is 0 Å². The Balaban J connectivity index is 2.27. The second kappa shape index (κ2) is 6.55. The summed E-state index contributed by atoms with van der Waals surface area (Å²) in [4.78, 5) is 36.4. The van der Waals surface area contributed by atoms with E-state index < -0.39 is 23.4 Å². The van der Waals surface area contributed by atoms with Gasteiger partial charge in [0, 0.05) is 22.4 Å². The van der Waals surface area contributed by atoms with Crippen molar-refractivity contribution in [2.75, 3.05) is 5.32 Å². The molecule has 3 rings (SSSR count). The van der Waals surface area contributed by atoms with Crippen LogP contribution in [0.15, 0.2) is 42.5 Å². The van der Waals surface area contributed by atoms with E-state index in [-0.39, 0.29) is 22.7 Å². The molecule has 0 aliphatic carbocycles. The number of Topliss-reactive ketones (excluding diaryl/α,β-unsaturated/α-hetero) is 3. The number of hydrogen-bond donors (Lipinski definition) is 2. The van der Waals surface area contributed by atoms with E-state index in [4.69, 9.17) is 0 Å². The summed E-state index contributed by atoms with van der Waals surface area (Å²) in [7, 11) is 0. The zero-order valence-electron chi connectivity index (χ0n) is 14.2. The minimum atomic E-state index is -1.14. The normalized spacial score (nSPS) is 18.0. The Morgan fingerprint density at radius 1 is 1.04 bits per heavy atom. The lowest BCUT2D eigenvalue weighted by Crippen LogP contribution is -2.40. The lowest BCUT2D eigenvalue weighted by atomic mass is 9.86. The van der Waals surface area contributed by atoms with Gasteiger partial charge >= 0.3 is 0 Å². The molecule has 2 aromatic carbocycles. The second-order valence-corrected chi connectivity index (χ2v) is 6.10. The average molecular weight is 353 g/mol. The summed E-state index contributed by atoms with van der Waals surface area (Å²) in [6, 6.07) is 8.52. The third kappa shape index (κ3) is 3.01. The van der Waals surface area contributed by atoms with E-state index in [0.717, 1.165) is 12.1 Å². The van der Waals surface area contributed by atoms with Crippen LogP contribution in [0, 0.1) is 5.82 Å². The minimum Gasteiger partial charge on any atom is -0.507 e. The van der Waals surface area contributed by atoms with Crippen molar-refractivity contribution < 1.29 is 23.9 Å². The number of halogens is 1. The van der Waals surface area contributed by atoms with Gasteiger partial charge in [-0.05, 0) is 56.3 Å². The Hall–Kier alpha value is -3.28. The fraction of sp³-hybridized carbons (Fsp3) is 0.150. The third-order valence-corrected chi connectivity index (χ3v) is 4.26. The van der Waals surface area contributed by atoms with Crippen LogP contribution in [-0.4, -0.2) is 28.5 Å². The first-order valence-corrected chi connectivity index (χ1v) is 7.95. The summed E-state index contributed by atoms with van der Waals surface area (Å²) < 4.78 is 13.2. The number of carbonyl (C=O) groups excluding carboxylic acids is 3. The van der Waals surface area contributed by atoms with Gasteiger partial charge in [0.05, 0.1) is 5.57 Å². The predicted octanol–water partition coefficient (Wildman–Crippen LogP) is 3.41. The van der Waals surface area contributed by atoms with Gasteiger partial charge in [-0.2, -0.15) is 0 Å². The van der Waals surface area contributed by atoms with Crippen LogP contribution in [0.4, 0.5) is 10.1 Å². The van der Waals surface area contributed by atoms with Gasteiger partial charge in [0.2, 0.25) is 0 Å². The molecule has 0 saturated carbocycles. The van der Waals surface area contributed by atoms with Crippen molar-refractivity contribution in [3.05, 3.63) is 65.0 Å². The highest BCUT2D eigenvalue weighted by molar-refractivity contribution is 6.37. The molecule has 1 heterocycles. The molecule has 0 spiro atoms. The number of rotatable bonds is 3. The quantitative estimate of drug-likeness (QED) is 0.382. The number of carbonyl (C=O) groups is 3. The molecule has 132 valence electrons. The van der Waals surface area contributed by atoms with Crippen LogP contribution >= 0.6 is 0 Å². The number of ketones is 3. The van der Waals surface area contributed by atoms with Crippen molar-refractivity contribution in [3.8, 4) is 0 Å². The number of hydrogen-bond acceptors (Lipinski definition) is 5. The number of aliphatic hydroxyl groups is 1. The maximum Gasteiger partial charge on any atom is 0.197 e. The molecular weight excluding hydrogens is 337 g/mol. The number of anilines is 1. The molecule has 26 heavy (non-hydrogen) atoms. The molecule has 5 nitrogen and oxygen atoms in total. The van der Waals surface area contributed by atoms with E-state index in [1.54, 1.807) is 12.1 Å². The SMILES string of the molecule is CC(=O)c1ccc2c(c1)/C(=C(/O)c1ccc(F)cc1)C(=O)C(C(C)=O)N2. The van der Waals surface area contributed by atoms with Crippen molar-refractivity contribution in [1.82, 2.24) is 0 Å². The highest BCUT2D eigenvalue weighted by Gasteiger charge is 2.36. The van der Waals surface area contributed by atoms with Crippen molar-refractivity contribution in [1.29, 1.82) is 0 Å². The van der Waals surface area contributed by atoms with Gasteiger partial charge in [-0.3, -0.25) is 14.4 Å². The fourth-order valence-electron chi connectivity index (χ4n) is 2.88. The van der Waals surface area contributed by atoms with E-state index in [2.05, 4.69) is 5.32 Å². The van der Waals surface area contributed by atoms with Gasteiger partial charge in [0.25, 0.3) is 0 Å². The van der Waals surface area contributed by atoms with Crippen LogP contribution in [0.2, 0.25) is 0 Å². The van der Waals surface area contributed by atoms with E-state index in [1.165, 1.54) is 32.0 Å². The highest BCUT2D eigenvalue weighted by Crippen LogP contribution is 2.36. The first-order chi connectivity index (χ1) is 12.3. The largest absolute Gasteiger partial charge is 0.507 e. The molecule has 1 atom stereocenters. The van der Waals surface area contributed by atoms with Gasteiger partial charge < -0.3 is 10.4 Å². The Morgan fingerprint density at radius 3 is 2.23 bits per heavy atom. The Bertz CT molecular complexity index is 960. The van der Waals surface area contributed by atoms with Crippen LogP contribution in [0.3, 0.4) is 0 Å². The van der Waals surface area contributed by atoms with Crippen LogP contribution in [0.25, 0.3) is 11.3 Å². The molecule has 0 bridgehead atoms. The molecule has 1 unspecified atom stereocenters. The van der Waals surface area contributed by atoms with Gasteiger partial charge in [-0.15, -0.1) is 0 Å². The molecule has 6 heteroatoms. The van der Waals surface area contributed by atoms with E-state index in [1.807, 2.05) is 0 Å². The number of benzene rings is 2. The Morgan fingerprint density at radius 2 is 1.65 bits per heavy atom. The smallest absolute Gasteiger partial charge is 0.197 e. The van der Waals surface area contributed by atoms with Crippen molar-refractivity contribution in [3.63, 3.8) is 0 Å². The summed E-state index contributed by atoms with van der Waals surface area (Å²) in [6.07, 6.45) is 0. The summed E-state index contributed by atoms with van der Waals surface area (Å²) in [5.74, 6) is -2.06. The fourth-order valence-corrected chi connectivity index (χ4v) is 2.88. The number of fused-ring (bicyclic) bond motifs is 1. The van der Waals surface area contributed by atoms with E-state index >= 15 is 0 Å². The summed E-state index contributed by atoms with van der Waals surface area (Å²) in [6.45, 7) is 2.67.